The second kappa shape index (κ2) is 5.12. The first-order valence-corrected chi connectivity index (χ1v) is 5.16. The largest absolute Gasteiger partial charge is 0.346 e. The summed E-state index contributed by atoms with van der Waals surface area (Å²) in [5.41, 5.74) is 2.69. The van der Waals surface area contributed by atoms with Crippen molar-refractivity contribution in [2.75, 3.05) is 6.54 Å². The van der Waals surface area contributed by atoms with Crippen LogP contribution in [0.5, 0.6) is 0 Å². The second-order valence-corrected chi connectivity index (χ2v) is 4.49. The molecule has 3 N–H and O–H groups in total. The fourth-order valence-electron chi connectivity index (χ4n) is 1.23. The van der Waals surface area contributed by atoms with Crippen molar-refractivity contribution >= 4 is 5.91 Å². The molecule has 3 nitrogen and oxygen atoms in total. The number of carbonyl (C=O) groups excluding carboxylic acids is 1. The summed E-state index contributed by atoms with van der Waals surface area (Å²) >= 11 is 0. The highest BCUT2D eigenvalue weighted by molar-refractivity contribution is 5.95. The number of rotatable bonds is 3. The van der Waals surface area contributed by atoms with E-state index in [0.717, 1.165) is 0 Å². The molecule has 0 unspecified atom stereocenters. The number of nitrogens with two attached hydrogens (primary N) is 1. The van der Waals surface area contributed by atoms with E-state index in [0.29, 0.717) is 0 Å². The van der Waals surface area contributed by atoms with Gasteiger partial charge in [-0.05, 0) is 13.8 Å². The highest BCUT2D eigenvalue weighted by Gasteiger charge is 2.31. The molecule has 0 aliphatic rings. The van der Waals surface area contributed by atoms with Crippen LogP contribution in [0, 0.1) is 29.1 Å². The normalized spacial score (nSPS) is 11.6. The van der Waals surface area contributed by atoms with Gasteiger partial charge in [-0.1, -0.05) is 0 Å². The Labute approximate surface area is 105 Å². The summed E-state index contributed by atoms with van der Waals surface area (Å²) in [4.78, 5) is 11.6. The van der Waals surface area contributed by atoms with Gasteiger partial charge in [-0.25, -0.2) is 22.0 Å². The fourth-order valence-corrected chi connectivity index (χ4v) is 1.23. The maximum Gasteiger partial charge on any atom is 0.257 e. The van der Waals surface area contributed by atoms with E-state index >= 15 is 0 Å². The molecule has 8 heteroatoms. The van der Waals surface area contributed by atoms with Crippen LogP contribution in [-0.2, 0) is 0 Å². The molecule has 0 fully saturated rings. The molecule has 0 saturated carbocycles. The van der Waals surface area contributed by atoms with Crippen LogP contribution in [0.4, 0.5) is 22.0 Å². The fraction of sp³-hybridized carbons (Fsp3) is 0.364. The minimum Gasteiger partial charge on any atom is -0.346 e. The topological polar surface area (TPSA) is 55.1 Å². The van der Waals surface area contributed by atoms with E-state index in [2.05, 4.69) is 5.32 Å². The lowest BCUT2D eigenvalue weighted by molar-refractivity contribution is 0.0903. The Morgan fingerprint density at radius 3 is 1.74 bits per heavy atom. The molecular formula is C11H11F5N2O. The maximum atomic E-state index is 13.3. The van der Waals surface area contributed by atoms with Crippen molar-refractivity contribution in [3.05, 3.63) is 34.6 Å². The van der Waals surface area contributed by atoms with Crippen molar-refractivity contribution in [3.63, 3.8) is 0 Å². The van der Waals surface area contributed by atoms with Gasteiger partial charge in [0.1, 0.15) is 5.56 Å². The van der Waals surface area contributed by atoms with Gasteiger partial charge in [-0.2, -0.15) is 0 Å². The summed E-state index contributed by atoms with van der Waals surface area (Å²) < 4.78 is 65.2. The van der Waals surface area contributed by atoms with Gasteiger partial charge < -0.3 is 11.1 Å². The van der Waals surface area contributed by atoms with Crippen molar-refractivity contribution in [2.24, 2.45) is 5.73 Å². The van der Waals surface area contributed by atoms with Crippen molar-refractivity contribution < 1.29 is 26.7 Å². The number of nitrogens with one attached hydrogen (secondary N) is 1. The SMILES string of the molecule is CC(C)(CN)NC(=O)c1c(F)c(F)c(F)c(F)c1F. The third-order valence-electron chi connectivity index (χ3n) is 2.40. The van der Waals surface area contributed by atoms with Gasteiger partial charge in [0.15, 0.2) is 23.3 Å². The summed E-state index contributed by atoms with van der Waals surface area (Å²) in [5.74, 6) is -12.4. The molecule has 19 heavy (non-hydrogen) atoms. The quantitative estimate of drug-likeness (QED) is 0.505. The van der Waals surface area contributed by atoms with Crippen LogP contribution < -0.4 is 11.1 Å². The second-order valence-electron chi connectivity index (χ2n) is 4.49. The van der Waals surface area contributed by atoms with E-state index in [1.165, 1.54) is 13.8 Å². The van der Waals surface area contributed by atoms with Crippen LogP contribution in [0.2, 0.25) is 0 Å². The number of carbonyl (C=O) groups is 1. The molecule has 0 radical (unpaired) electrons. The smallest absolute Gasteiger partial charge is 0.257 e. The van der Waals surface area contributed by atoms with E-state index in [-0.39, 0.29) is 6.54 Å². The zero-order chi connectivity index (χ0) is 15.0. The molecular weight excluding hydrogens is 271 g/mol. The zero-order valence-electron chi connectivity index (χ0n) is 10.1. The average molecular weight is 282 g/mol. The predicted molar refractivity (Wildman–Crippen MR) is 56.8 cm³/mol. The lowest BCUT2D eigenvalue weighted by atomic mass is 10.0. The molecule has 0 atom stereocenters. The van der Waals surface area contributed by atoms with Gasteiger partial charge in [0.25, 0.3) is 5.91 Å². The van der Waals surface area contributed by atoms with Gasteiger partial charge in [0.2, 0.25) is 5.82 Å². The van der Waals surface area contributed by atoms with Gasteiger partial charge in [-0.15, -0.1) is 0 Å². The van der Waals surface area contributed by atoms with Gasteiger partial charge in [-0.3, -0.25) is 4.79 Å². The molecule has 1 amide bonds. The van der Waals surface area contributed by atoms with Crippen molar-refractivity contribution in [1.82, 2.24) is 5.32 Å². The Bertz CT molecular complexity index is 501. The van der Waals surface area contributed by atoms with Gasteiger partial charge in [0, 0.05) is 12.1 Å². The summed E-state index contributed by atoms with van der Waals surface area (Å²) in [7, 11) is 0. The molecule has 1 aromatic carbocycles. The summed E-state index contributed by atoms with van der Waals surface area (Å²) in [5, 5.41) is 2.08. The van der Waals surface area contributed by atoms with Crippen LogP contribution in [-0.4, -0.2) is 18.0 Å². The highest BCUT2D eigenvalue weighted by Crippen LogP contribution is 2.23. The Balaban J connectivity index is 3.33. The zero-order valence-corrected chi connectivity index (χ0v) is 10.1. The number of benzene rings is 1. The number of hydrogen-bond acceptors (Lipinski definition) is 2. The van der Waals surface area contributed by atoms with Crippen molar-refractivity contribution in [1.29, 1.82) is 0 Å². The average Bonchev–Trinajstić information content (AvgIpc) is 2.33. The van der Waals surface area contributed by atoms with E-state index < -0.39 is 46.1 Å². The van der Waals surface area contributed by atoms with Crippen LogP contribution in [0.25, 0.3) is 0 Å². The molecule has 0 heterocycles. The van der Waals surface area contributed by atoms with E-state index in [1.54, 1.807) is 0 Å². The first kappa shape index (κ1) is 15.4. The molecule has 0 saturated heterocycles. The van der Waals surface area contributed by atoms with E-state index in [4.69, 9.17) is 5.73 Å². The van der Waals surface area contributed by atoms with Crippen LogP contribution in [0.3, 0.4) is 0 Å². The molecule has 0 aromatic heterocycles. The number of amides is 1. The lowest BCUT2D eigenvalue weighted by Gasteiger charge is -2.24. The molecule has 0 spiro atoms. The Hall–Kier alpha value is -1.70. The number of hydrogen-bond donors (Lipinski definition) is 2. The molecule has 1 aromatic rings. The summed E-state index contributed by atoms with van der Waals surface area (Å²) in [6.07, 6.45) is 0. The first-order chi connectivity index (χ1) is 8.62. The van der Waals surface area contributed by atoms with Crippen molar-refractivity contribution in [3.8, 4) is 0 Å². The molecule has 0 aliphatic carbocycles. The van der Waals surface area contributed by atoms with Gasteiger partial charge in [0.05, 0.1) is 0 Å². The minimum absolute atomic E-state index is 0.0891. The van der Waals surface area contributed by atoms with Crippen LogP contribution >= 0.6 is 0 Å². The lowest BCUT2D eigenvalue weighted by Crippen LogP contribution is -2.49. The standard InChI is InChI=1S/C11H11F5N2O/c1-11(2,3-17)18-10(19)4-5(12)7(14)9(16)8(15)6(4)13/h3,17H2,1-2H3,(H,18,19). The first-order valence-electron chi connectivity index (χ1n) is 5.16. The van der Waals surface area contributed by atoms with E-state index in [9.17, 15) is 26.7 Å². The maximum absolute atomic E-state index is 13.3. The Kier molecular flexibility index (Phi) is 4.14. The molecule has 106 valence electrons. The third kappa shape index (κ3) is 2.83. The van der Waals surface area contributed by atoms with Gasteiger partial charge >= 0.3 is 0 Å². The third-order valence-corrected chi connectivity index (χ3v) is 2.40. The molecule has 0 bridgehead atoms. The van der Waals surface area contributed by atoms with E-state index in [1.807, 2.05) is 0 Å². The van der Waals surface area contributed by atoms with Crippen molar-refractivity contribution in [2.45, 2.75) is 19.4 Å². The highest BCUT2D eigenvalue weighted by atomic mass is 19.2. The predicted octanol–water partition coefficient (Wildman–Crippen LogP) is 1.85. The monoisotopic (exact) mass is 282 g/mol. The summed E-state index contributed by atoms with van der Waals surface area (Å²) in [6, 6.07) is 0. The Morgan fingerprint density at radius 2 is 1.37 bits per heavy atom. The minimum atomic E-state index is -2.32. The van der Waals surface area contributed by atoms with Crippen LogP contribution in [0.15, 0.2) is 0 Å². The van der Waals surface area contributed by atoms with Crippen LogP contribution in [0.1, 0.15) is 24.2 Å². The molecule has 1 rings (SSSR count). The summed E-state index contributed by atoms with van der Waals surface area (Å²) in [6.45, 7) is 2.77. The molecule has 0 aliphatic heterocycles. The number of halogens is 5. The Morgan fingerprint density at radius 1 is 1.00 bits per heavy atom.